The van der Waals surface area contributed by atoms with E-state index in [9.17, 15) is 20.2 Å². The highest BCUT2D eigenvalue weighted by Crippen LogP contribution is 2.35. The summed E-state index contributed by atoms with van der Waals surface area (Å²) in [6.45, 7) is 1.58. The van der Waals surface area contributed by atoms with E-state index in [1.807, 2.05) is 0 Å². The van der Waals surface area contributed by atoms with Crippen molar-refractivity contribution in [3.63, 3.8) is 0 Å². The zero-order chi connectivity index (χ0) is 18.6. The highest BCUT2D eigenvalue weighted by atomic mass is 16.6. The number of allylic oxidation sites excluding steroid dienone is 1. The second-order valence-corrected chi connectivity index (χ2v) is 4.91. The topological polar surface area (TPSA) is 116 Å². The molecule has 1 heterocycles. The molecule has 128 valence electrons. The molecule has 0 aliphatic heterocycles. The summed E-state index contributed by atoms with van der Waals surface area (Å²) in [6.07, 6.45) is 2.48. The van der Waals surface area contributed by atoms with E-state index in [4.69, 9.17) is 13.9 Å². The van der Waals surface area contributed by atoms with Crippen LogP contribution in [0, 0.1) is 28.4 Å². The third-order valence-corrected chi connectivity index (χ3v) is 3.50. The van der Waals surface area contributed by atoms with Crippen LogP contribution >= 0.6 is 0 Å². The van der Waals surface area contributed by atoms with Gasteiger partial charge >= 0.3 is 0 Å². The Hall–Kier alpha value is -3.60. The molecule has 8 heteroatoms. The number of nitro benzene ring substituents is 1. The summed E-state index contributed by atoms with van der Waals surface area (Å²) >= 11 is 0. The maximum absolute atomic E-state index is 12.4. The normalized spacial score (nSPS) is 10.9. The van der Waals surface area contributed by atoms with Gasteiger partial charge in [0, 0.05) is 0 Å². The minimum atomic E-state index is -0.629. The number of ketones is 1. The molecular formula is C17H14N2O6. The van der Waals surface area contributed by atoms with Crippen LogP contribution in [0.3, 0.4) is 0 Å². The number of aryl methyl sites for hydroxylation is 1. The Morgan fingerprint density at radius 1 is 1.32 bits per heavy atom. The van der Waals surface area contributed by atoms with Gasteiger partial charge in [-0.3, -0.25) is 14.9 Å². The number of furan rings is 1. The van der Waals surface area contributed by atoms with Crippen molar-refractivity contribution in [3.8, 4) is 17.6 Å². The van der Waals surface area contributed by atoms with Crippen LogP contribution in [0.1, 0.15) is 21.7 Å². The largest absolute Gasteiger partial charge is 0.493 e. The molecule has 0 unspecified atom stereocenters. The molecule has 2 aromatic rings. The average molecular weight is 342 g/mol. The Labute approximate surface area is 143 Å². The molecular weight excluding hydrogens is 328 g/mol. The number of benzene rings is 1. The number of carbonyl (C=O) groups excluding carboxylic acids is 1. The van der Waals surface area contributed by atoms with Crippen LogP contribution in [0.25, 0.3) is 6.08 Å². The van der Waals surface area contributed by atoms with Crippen molar-refractivity contribution >= 4 is 17.5 Å². The summed E-state index contributed by atoms with van der Waals surface area (Å²) in [5, 5.41) is 20.6. The third-order valence-electron chi connectivity index (χ3n) is 3.50. The number of rotatable bonds is 6. The molecule has 2 rings (SSSR count). The molecule has 1 aromatic heterocycles. The van der Waals surface area contributed by atoms with Gasteiger partial charge in [0.25, 0.3) is 5.69 Å². The summed E-state index contributed by atoms with van der Waals surface area (Å²) < 4.78 is 15.2. The van der Waals surface area contributed by atoms with Crippen LogP contribution in [0.5, 0.6) is 11.5 Å². The van der Waals surface area contributed by atoms with Gasteiger partial charge < -0.3 is 13.9 Å². The van der Waals surface area contributed by atoms with E-state index < -0.39 is 10.7 Å². The quantitative estimate of drug-likeness (QED) is 0.260. The van der Waals surface area contributed by atoms with Crippen molar-refractivity contribution in [1.29, 1.82) is 5.26 Å². The molecule has 0 radical (unpaired) electrons. The zero-order valence-corrected chi connectivity index (χ0v) is 13.7. The van der Waals surface area contributed by atoms with E-state index in [0.29, 0.717) is 5.76 Å². The van der Waals surface area contributed by atoms with Gasteiger partial charge in [-0.25, -0.2) is 0 Å². The lowest BCUT2D eigenvalue weighted by molar-refractivity contribution is -0.385. The monoisotopic (exact) mass is 342 g/mol. The van der Waals surface area contributed by atoms with Crippen LogP contribution in [-0.4, -0.2) is 24.9 Å². The molecule has 0 bridgehead atoms. The molecule has 0 fully saturated rings. The highest BCUT2D eigenvalue weighted by molar-refractivity contribution is 6.14. The Balaban J connectivity index is 2.61. The average Bonchev–Trinajstić information content (AvgIpc) is 3.04. The van der Waals surface area contributed by atoms with E-state index in [0.717, 1.165) is 6.08 Å². The van der Waals surface area contributed by atoms with Gasteiger partial charge in [-0.05, 0) is 25.1 Å². The van der Waals surface area contributed by atoms with Gasteiger partial charge in [-0.1, -0.05) is 0 Å². The lowest BCUT2D eigenvalue weighted by Gasteiger charge is -2.09. The Bertz CT molecular complexity index is 904. The maximum Gasteiger partial charge on any atom is 0.280 e. The molecule has 0 aliphatic carbocycles. The number of methoxy groups -OCH3 is 2. The molecule has 25 heavy (non-hydrogen) atoms. The fourth-order valence-electron chi connectivity index (χ4n) is 2.23. The van der Waals surface area contributed by atoms with Crippen molar-refractivity contribution in [3.05, 3.63) is 57.0 Å². The standard InChI is InChI=1S/C17H14N2O6/c1-10-13(4-5-25-10)17(20)12(9-18)6-11-7-15(23-2)16(24-3)8-14(11)19(21)22/h4-8H,1-3H3/b12-6+. The summed E-state index contributed by atoms with van der Waals surface area (Å²) in [7, 11) is 2.73. The van der Waals surface area contributed by atoms with Crippen molar-refractivity contribution < 1.29 is 23.6 Å². The Morgan fingerprint density at radius 2 is 1.96 bits per heavy atom. The van der Waals surface area contributed by atoms with Gasteiger partial charge in [0.1, 0.15) is 17.4 Å². The molecule has 0 amide bonds. The molecule has 0 N–H and O–H groups in total. The fraction of sp³-hybridized carbons (Fsp3) is 0.176. The van der Waals surface area contributed by atoms with E-state index in [-0.39, 0.29) is 33.9 Å². The minimum absolute atomic E-state index is 0.0497. The number of hydrogen-bond donors (Lipinski definition) is 0. The molecule has 1 aromatic carbocycles. The maximum atomic E-state index is 12.4. The zero-order valence-electron chi connectivity index (χ0n) is 13.7. The van der Waals surface area contributed by atoms with Gasteiger partial charge in [0.05, 0.1) is 42.6 Å². The van der Waals surface area contributed by atoms with Crippen LogP contribution in [0.15, 0.2) is 34.5 Å². The second kappa shape index (κ2) is 7.31. The molecule has 0 spiro atoms. The smallest absolute Gasteiger partial charge is 0.280 e. The first kappa shape index (κ1) is 17.7. The number of nitro groups is 1. The van der Waals surface area contributed by atoms with Crippen LogP contribution in [-0.2, 0) is 0 Å². The fourth-order valence-corrected chi connectivity index (χ4v) is 2.23. The predicted octanol–water partition coefficient (Wildman–Crippen LogP) is 3.30. The summed E-state index contributed by atoms with van der Waals surface area (Å²) in [5.74, 6) is 0.177. The minimum Gasteiger partial charge on any atom is -0.493 e. The van der Waals surface area contributed by atoms with Crippen molar-refractivity contribution in [1.82, 2.24) is 0 Å². The first-order chi connectivity index (χ1) is 11.9. The SMILES string of the molecule is COc1cc(/C=C(\C#N)C(=O)c2ccoc2C)c([N+](=O)[O-])cc1OC. The third kappa shape index (κ3) is 3.50. The lowest BCUT2D eigenvalue weighted by Crippen LogP contribution is -2.03. The molecule has 0 saturated carbocycles. The summed E-state index contributed by atoms with van der Waals surface area (Å²) in [5.41, 5.74) is -0.313. The van der Waals surface area contributed by atoms with Gasteiger partial charge in [0.15, 0.2) is 11.5 Å². The lowest BCUT2D eigenvalue weighted by atomic mass is 10.0. The summed E-state index contributed by atoms with van der Waals surface area (Å²) in [6, 6.07) is 5.72. The van der Waals surface area contributed by atoms with Gasteiger partial charge in [-0.15, -0.1) is 0 Å². The van der Waals surface area contributed by atoms with E-state index in [2.05, 4.69) is 0 Å². The van der Waals surface area contributed by atoms with E-state index in [1.165, 1.54) is 38.7 Å². The number of carbonyl (C=O) groups is 1. The van der Waals surface area contributed by atoms with Crippen LogP contribution < -0.4 is 9.47 Å². The van der Waals surface area contributed by atoms with Crippen molar-refractivity contribution in [2.45, 2.75) is 6.92 Å². The second-order valence-electron chi connectivity index (χ2n) is 4.91. The van der Waals surface area contributed by atoms with Crippen molar-refractivity contribution in [2.24, 2.45) is 0 Å². The van der Waals surface area contributed by atoms with Gasteiger partial charge in [-0.2, -0.15) is 5.26 Å². The molecule has 8 nitrogen and oxygen atoms in total. The van der Waals surface area contributed by atoms with E-state index >= 15 is 0 Å². The Morgan fingerprint density at radius 3 is 2.44 bits per heavy atom. The predicted molar refractivity (Wildman–Crippen MR) is 87.6 cm³/mol. The number of ether oxygens (including phenoxy) is 2. The molecule has 0 aliphatic rings. The first-order valence-electron chi connectivity index (χ1n) is 7.04. The number of nitrogens with zero attached hydrogens (tertiary/aromatic N) is 2. The van der Waals surface area contributed by atoms with Crippen LogP contribution in [0.4, 0.5) is 5.69 Å². The first-order valence-corrected chi connectivity index (χ1v) is 7.04. The molecule has 0 atom stereocenters. The van der Waals surface area contributed by atoms with E-state index in [1.54, 1.807) is 13.0 Å². The molecule has 0 saturated heterocycles. The Kier molecular flexibility index (Phi) is 5.19. The van der Waals surface area contributed by atoms with Crippen LogP contribution in [0.2, 0.25) is 0 Å². The number of Topliss-reactive ketones (excluding diaryl/α,β-unsaturated/α-hetero) is 1. The van der Waals surface area contributed by atoms with Gasteiger partial charge in [0.2, 0.25) is 5.78 Å². The number of nitriles is 1. The summed E-state index contributed by atoms with van der Waals surface area (Å²) in [4.78, 5) is 23.1. The van der Waals surface area contributed by atoms with Crippen molar-refractivity contribution in [2.75, 3.05) is 14.2 Å². The number of hydrogen-bond acceptors (Lipinski definition) is 7. The highest BCUT2D eigenvalue weighted by Gasteiger charge is 2.22.